The second-order valence-electron chi connectivity index (χ2n) is 4.53. The quantitative estimate of drug-likeness (QED) is 0.694. The predicted octanol–water partition coefficient (Wildman–Crippen LogP) is 2.29. The maximum atomic E-state index is 11.9. The fourth-order valence-electron chi connectivity index (χ4n) is 1.76. The van der Waals surface area contributed by atoms with Crippen LogP contribution in [0.2, 0.25) is 0 Å². The van der Waals surface area contributed by atoms with Gasteiger partial charge in [-0.3, -0.25) is 4.79 Å². The third-order valence-electron chi connectivity index (χ3n) is 3.06. The second kappa shape index (κ2) is 11.5. The molecule has 0 aliphatic rings. The number of likely N-dealkylation sites (N-methyl/N-ethyl adjacent to an activating group) is 2. The molecule has 0 bridgehead atoms. The van der Waals surface area contributed by atoms with Crippen molar-refractivity contribution in [2.75, 3.05) is 47.2 Å². The maximum Gasteiger partial charge on any atom is 0.223 e. The Bertz CT molecular complexity index is 460. The number of ether oxygens (including phenoxy) is 2. The third-order valence-corrected chi connectivity index (χ3v) is 4.06. The van der Waals surface area contributed by atoms with Gasteiger partial charge in [-0.15, -0.1) is 24.2 Å². The molecule has 1 aromatic rings. The van der Waals surface area contributed by atoms with E-state index in [4.69, 9.17) is 9.47 Å². The molecule has 0 unspecified atom stereocenters. The van der Waals surface area contributed by atoms with E-state index in [1.165, 1.54) is 0 Å². The van der Waals surface area contributed by atoms with Crippen molar-refractivity contribution in [1.82, 2.24) is 10.2 Å². The van der Waals surface area contributed by atoms with Crippen LogP contribution in [-0.4, -0.2) is 58.0 Å². The Balaban J connectivity index is 0.00000441. The number of carbonyl (C=O) groups excluding carboxylic acids is 1. The first kappa shape index (κ1) is 20.9. The lowest BCUT2D eigenvalue weighted by Crippen LogP contribution is -2.32. The van der Waals surface area contributed by atoms with E-state index in [9.17, 15) is 4.79 Å². The number of hydrogen-bond acceptors (Lipinski definition) is 5. The zero-order valence-electron chi connectivity index (χ0n) is 13.5. The molecule has 0 aromatic heterocycles. The van der Waals surface area contributed by atoms with Gasteiger partial charge in [0.15, 0.2) is 11.5 Å². The Kier molecular flexibility index (Phi) is 10.9. The predicted molar refractivity (Wildman–Crippen MR) is 93.7 cm³/mol. The smallest absolute Gasteiger partial charge is 0.223 e. The zero-order valence-corrected chi connectivity index (χ0v) is 15.2. The van der Waals surface area contributed by atoms with Crippen LogP contribution >= 0.6 is 24.2 Å². The Hall–Kier alpha value is -1.11. The molecule has 0 spiro atoms. The van der Waals surface area contributed by atoms with E-state index >= 15 is 0 Å². The van der Waals surface area contributed by atoms with Crippen molar-refractivity contribution in [3.05, 3.63) is 18.2 Å². The minimum Gasteiger partial charge on any atom is -0.493 e. The third kappa shape index (κ3) is 6.77. The first-order valence-corrected chi connectivity index (χ1v) is 7.84. The van der Waals surface area contributed by atoms with Crippen LogP contribution < -0.4 is 14.8 Å². The number of carbonyl (C=O) groups is 1. The summed E-state index contributed by atoms with van der Waals surface area (Å²) in [5.74, 6) is 2.33. The molecule has 5 nitrogen and oxygen atoms in total. The molecule has 0 heterocycles. The molecular weight excluding hydrogens is 324 g/mol. The van der Waals surface area contributed by atoms with Gasteiger partial charge in [0, 0.05) is 37.2 Å². The highest BCUT2D eigenvalue weighted by Gasteiger charge is 2.09. The van der Waals surface area contributed by atoms with Crippen LogP contribution in [0, 0.1) is 0 Å². The number of nitrogens with zero attached hydrogens (tertiary/aromatic N) is 1. The van der Waals surface area contributed by atoms with E-state index in [1.807, 2.05) is 32.3 Å². The number of halogens is 1. The van der Waals surface area contributed by atoms with Gasteiger partial charge >= 0.3 is 0 Å². The van der Waals surface area contributed by atoms with Crippen molar-refractivity contribution in [2.24, 2.45) is 0 Å². The maximum absolute atomic E-state index is 11.9. The number of hydrogen-bond donors (Lipinski definition) is 1. The molecule has 0 aliphatic carbocycles. The van der Waals surface area contributed by atoms with Crippen molar-refractivity contribution >= 4 is 30.1 Å². The molecule has 22 heavy (non-hydrogen) atoms. The van der Waals surface area contributed by atoms with Gasteiger partial charge in [-0.25, -0.2) is 0 Å². The minimum absolute atomic E-state index is 0. The topological polar surface area (TPSA) is 50.8 Å². The normalized spacial score (nSPS) is 9.82. The molecule has 0 aliphatic heterocycles. The van der Waals surface area contributed by atoms with E-state index in [-0.39, 0.29) is 18.3 Å². The first-order valence-electron chi connectivity index (χ1n) is 6.85. The zero-order chi connectivity index (χ0) is 15.7. The van der Waals surface area contributed by atoms with Crippen LogP contribution in [-0.2, 0) is 4.79 Å². The molecule has 0 saturated carbocycles. The minimum atomic E-state index is 0. The summed E-state index contributed by atoms with van der Waals surface area (Å²) in [5, 5.41) is 3.03. The fourth-order valence-corrected chi connectivity index (χ4v) is 2.62. The van der Waals surface area contributed by atoms with Crippen LogP contribution in [0.25, 0.3) is 0 Å². The van der Waals surface area contributed by atoms with Gasteiger partial charge in [0.2, 0.25) is 5.91 Å². The van der Waals surface area contributed by atoms with Crippen molar-refractivity contribution in [1.29, 1.82) is 0 Å². The van der Waals surface area contributed by atoms with E-state index < -0.39 is 0 Å². The van der Waals surface area contributed by atoms with Gasteiger partial charge in [0.1, 0.15) is 0 Å². The Morgan fingerprint density at radius 3 is 2.55 bits per heavy atom. The number of nitrogens with one attached hydrogen (secondary N) is 1. The highest BCUT2D eigenvalue weighted by molar-refractivity contribution is 7.99. The summed E-state index contributed by atoms with van der Waals surface area (Å²) in [6, 6.07) is 5.78. The molecule has 1 aromatic carbocycles. The van der Waals surface area contributed by atoms with Gasteiger partial charge in [-0.05, 0) is 25.2 Å². The molecule has 1 amide bonds. The highest BCUT2D eigenvalue weighted by Crippen LogP contribution is 2.32. The average Bonchev–Trinajstić information content (AvgIpc) is 2.52. The van der Waals surface area contributed by atoms with E-state index in [1.54, 1.807) is 30.9 Å². The fraction of sp³-hybridized carbons (Fsp3) is 0.533. The highest BCUT2D eigenvalue weighted by atomic mass is 35.5. The van der Waals surface area contributed by atoms with Gasteiger partial charge in [-0.1, -0.05) is 0 Å². The summed E-state index contributed by atoms with van der Waals surface area (Å²) in [6.07, 6.45) is 0.527. The van der Waals surface area contributed by atoms with E-state index in [2.05, 4.69) is 5.32 Å². The van der Waals surface area contributed by atoms with E-state index in [0.717, 1.165) is 23.7 Å². The molecule has 0 radical (unpaired) electrons. The Labute approximate surface area is 143 Å². The van der Waals surface area contributed by atoms with Crippen molar-refractivity contribution < 1.29 is 14.3 Å². The lowest BCUT2D eigenvalue weighted by atomic mass is 10.3. The summed E-state index contributed by atoms with van der Waals surface area (Å²) in [7, 11) is 6.95. The van der Waals surface area contributed by atoms with Crippen LogP contribution in [0.15, 0.2) is 23.1 Å². The number of rotatable bonds is 9. The van der Waals surface area contributed by atoms with Crippen molar-refractivity contribution in [3.63, 3.8) is 0 Å². The van der Waals surface area contributed by atoms with Crippen LogP contribution in [0.3, 0.4) is 0 Å². The number of amides is 1. The molecule has 0 fully saturated rings. The lowest BCUT2D eigenvalue weighted by molar-refractivity contribution is -0.129. The summed E-state index contributed by atoms with van der Waals surface area (Å²) < 4.78 is 10.5. The summed E-state index contributed by atoms with van der Waals surface area (Å²) in [5.41, 5.74) is 0. The average molecular weight is 349 g/mol. The van der Waals surface area contributed by atoms with Crippen LogP contribution in [0.5, 0.6) is 11.5 Å². The molecule has 126 valence electrons. The van der Waals surface area contributed by atoms with E-state index in [0.29, 0.717) is 17.9 Å². The number of methoxy groups -OCH3 is 2. The number of benzene rings is 1. The van der Waals surface area contributed by atoms with Crippen molar-refractivity contribution in [3.8, 4) is 11.5 Å². The summed E-state index contributed by atoms with van der Waals surface area (Å²) in [4.78, 5) is 14.7. The molecule has 1 N–H and O–H groups in total. The second-order valence-corrected chi connectivity index (χ2v) is 5.70. The molecule has 0 atom stereocenters. The Morgan fingerprint density at radius 2 is 1.95 bits per heavy atom. The largest absolute Gasteiger partial charge is 0.493 e. The number of thioether (sulfide) groups is 1. The van der Waals surface area contributed by atoms with Gasteiger partial charge in [-0.2, -0.15) is 0 Å². The summed E-state index contributed by atoms with van der Waals surface area (Å²) in [6.45, 7) is 1.54. The SMILES string of the molecule is CNCCN(C)C(=O)CCSc1ccc(OC)c(OC)c1.Cl. The van der Waals surface area contributed by atoms with Crippen molar-refractivity contribution in [2.45, 2.75) is 11.3 Å². The lowest BCUT2D eigenvalue weighted by Gasteiger charge is -2.16. The molecule has 7 heteroatoms. The first-order chi connectivity index (χ1) is 10.1. The van der Waals surface area contributed by atoms with Gasteiger partial charge in [0.05, 0.1) is 14.2 Å². The monoisotopic (exact) mass is 348 g/mol. The van der Waals surface area contributed by atoms with Crippen LogP contribution in [0.4, 0.5) is 0 Å². The van der Waals surface area contributed by atoms with Gasteiger partial charge < -0.3 is 19.7 Å². The molecule has 1 rings (SSSR count). The Morgan fingerprint density at radius 1 is 1.27 bits per heavy atom. The molecule has 0 saturated heterocycles. The van der Waals surface area contributed by atoms with Gasteiger partial charge in [0.25, 0.3) is 0 Å². The van der Waals surface area contributed by atoms with Crippen LogP contribution in [0.1, 0.15) is 6.42 Å². The molecular formula is C15H25ClN2O3S. The summed E-state index contributed by atoms with van der Waals surface area (Å²) >= 11 is 1.64. The standard InChI is InChI=1S/C15H24N2O3S.ClH/c1-16-8-9-17(2)15(18)7-10-21-12-5-6-13(19-3)14(11-12)20-4;/h5-6,11,16H,7-10H2,1-4H3;1H.